The normalized spacial score (nSPS) is 18.6. The Balaban J connectivity index is 1.43. The second kappa shape index (κ2) is 11.6. The third-order valence-electron chi connectivity index (χ3n) is 7.31. The van der Waals surface area contributed by atoms with Gasteiger partial charge in [0.15, 0.2) is 0 Å². The zero-order chi connectivity index (χ0) is 26.6. The fraction of sp³-hybridized carbons (Fsp3) is 0.500. The topological polar surface area (TPSA) is 90.9 Å². The molecule has 1 spiro atoms. The van der Waals surface area contributed by atoms with Crippen molar-refractivity contribution in [1.29, 1.82) is 0 Å². The zero-order valence-electron chi connectivity index (χ0n) is 21.3. The van der Waals surface area contributed by atoms with E-state index in [0.29, 0.717) is 68.0 Å². The summed E-state index contributed by atoms with van der Waals surface area (Å²) in [5, 5.41) is 15.3. The highest BCUT2D eigenvalue weighted by atomic mass is 19.1. The maximum absolute atomic E-state index is 14.0. The number of likely N-dealkylation sites (tertiary alicyclic amines) is 1. The molecule has 1 saturated heterocycles. The molecule has 9 heteroatoms. The minimum absolute atomic E-state index is 0.149. The number of fused-ring (bicyclic) bond motifs is 2. The number of amides is 2. The second-order valence-electron chi connectivity index (χ2n) is 10.5. The smallest absolute Gasteiger partial charge is 0.412 e. The zero-order valence-corrected chi connectivity index (χ0v) is 21.3. The maximum Gasteiger partial charge on any atom is 0.412 e. The molecule has 2 aromatic rings. The van der Waals surface area contributed by atoms with Crippen molar-refractivity contribution in [3.63, 3.8) is 0 Å². The molecule has 0 aromatic heterocycles. The van der Waals surface area contributed by atoms with Crippen LogP contribution in [0.1, 0.15) is 56.6 Å². The summed E-state index contributed by atoms with van der Waals surface area (Å²) in [7, 11) is 0. The molecular weight excluding hydrogens is 480 g/mol. The van der Waals surface area contributed by atoms with Gasteiger partial charge in [-0.3, -0.25) is 10.1 Å². The fourth-order valence-corrected chi connectivity index (χ4v) is 5.39. The van der Waals surface area contributed by atoms with Crippen molar-refractivity contribution in [3.05, 3.63) is 65.2 Å². The molecule has 200 valence electrons. The number of rotatable bonds is 9. The molecule has 1 unspecified atom stereocenters. The van der Waals surface area contributed by atoms with Crippen LogP contribution in [-0.2, 0) is 15.1 Å². The number of carbonyl (C=O) groups is 2. The summed E-state index contributed by atoms with van der Waals surface area (Å²) in [5.41, 5.74) is 1.05. The van der Waals surface area contributed by atoms with Gasteiger partial charge in [-0.15, -0.1) is 0 Å². The summed E-state index contributed by atoms with van der Waals surface area (Å²) in [6.07, 6.45) is 1.62. The third kappa shape index (κ3) is 6.45. The van der Waals surface area contributed by atoms with E-state index in [-0.39, 0.29) is 30.2 Å². The lowest BCUT2D eigenvalue weighted by Crippen LogP contribution is -2.49. The second-order valence-corrected chi connectivity index (χ2v) is 10.5. The van der Waals surface area contributed by atoms with Crippen LogP contribution in [0.4, 0.5) is 19.3 Å². The molecule has 0 aliphatic carbocycles. The van der Waals surface area contributed by atoms with Crippen LogP contribution in [0.5, 0.6) is 0 Å². The van der Waals surface area contributed by atoms with Gasteiger partial charge in [-0.05, 0) is 61.2 Å². The Bertz CT molecular complexity index is 1100. The number of nitrogens with zero attached hydrogens (tertiary/aromatic N) is 1. The number of anilines is 1. The van der Waals surface area contributed by atoms with E-state index in [9.17, 15) is 23.5 Å². The molecule has 4 rings (SSSR count). The van der Waals surface area contributed by atoms with Crippen molar-refractivity contribution in [2.75, 3.05) is 31.6 Å². The first-order valence-electron chi connectivity index (χ1n) is 12.9. The molecule has 2 aliphatic rings. The molecule has 0 radical (unpaired) electrons. The molecule has 2 amide bonds. The molecule has 0 saturated carbocycles. The van der Waals surface area contributed by atoms with E-state index in [1.165, 1.54) is 24.3 Å². The predicted molar refractivity (Wildman–Crippen MR) is 136 cm³/mol. The highest BCUT2D eigenvalue weighted by molar-refractivity contribution is 5.89. The van der Waals surface area contributed by atoms with Gasteiger partial charge in [0, 0.05) is 31.5 Å². The molecule has 7 nitrogen and oxygen atoms in total. The molecule has 1 fully saturated rings. The van der Waals surface area contributed by atoms with Crippen molar-refractivity contribution >= 4 is 17.7 Å². The number of carbonyl (C=O) groups excluding carboxylic acids is 2. The number of nitrogens with one attached hydrogen (secondary N) is 2. The van der Waals surface area contributed by atoms with Crippen LogP contribution in [0, 0.1) is 17.6 Å². The number of halogens is 2. The summed E-state index contributed by atoms with van der Waals surface area (Å²) in [4.78, 5) is 27.6. The molecule has 3 N–H and O–H groups in total. The molecule has 0 bridgehead atoms. The number of aliphatic hydroxyl groups excluding tert-OH is 1. The van der Waals surface area contributed by atoms with Gasteiger partial charge in [0.1, 0.15) is 17.2 Å². The summed E-state index contributed by atoms with van der Waals surface area (Å²) in [5.74, 6) is -1.15. The molecule has 2 atom stereocenters. The molecule has 2 heterocycles. The van der Waals surface area contributed by atoms with E-state index >= 15 is 0 Å². The third-order valence-corrected chi connectivity index (χ3v) is 7.31. The van der Waals surface area contributed by atoms with Crippen LogP contribution in [0.15, 0.2) is 42.5 Å². The number of hydrogen-bond acceptors (Lipinski definition) is 5. The minimum atomic E-state index is -0.880. The first-order valence-corrected chi connectivity index (χ1v) is 12.9. The van der Waals surface area contributed by atoms with Crippen molar-refractivity contribution < 1.29 is 28.2 Å². The van der Waals surface area contributed by atoms with Gasteiger partial charge in [-0.2, -0.15) is 0 Å². The lowest BCUT2D eigenvalue weighted by molar-refractivity contribution is -0.124. The van der Waals surface area contributed by atoms with E-state index in [1.54, 1.807) is 18.2 Å². The largest absolute Gasteiger partial charge is 0.438 e. The summed E-state index contributed by atoms with van der Waals surface area (Å²) >= 11 is 0. The van der Waals surface area contributed by atoms with Gasteiger partial charge in [0.05, 0.1) is 24.3 Å². The summed E-state index contributed by atoms with van der Waals surface area (Å²) in [6.45, 7) is 5.72. The Hall–Kier alpha value is -3.04. The summed E-state index contributed by atoms with van der Waals surface area (Å²) in [6, 6.07) is 9.90. The predicted octanol–water partition coefficient (Wildman–Crippen LogP) is 4.52. The fourth-order valence-electron chi connectivity index (χ4n) is 5.39. The number of aliphatic hydroxyl groups is 1. The van der Waals surface area contributed by atoms with E-state index in [2.05, 4.69) is 15.5 Å². The average Bonchev–Trinajstić information content (AvgIpc) is 2.86. The monoisotopic (exact) mass is 515 g/mol. The number of piperidine rings is 1. The van der Waals surface area contributed by atoms with Gasteiger partial charge in [0.2, 0.25) is 5.91 Å². The quantitative estimate of drug-likeness (QED) is 0.457. The van der Waals surface area contributed by atoms with Crippen LogP contribution in [0.3, 0.4) is 0 Å². The van der Waals surface area contributed by atoms with E-state index in [1.807, 2.05) is 13.8 Å². The van der Waals surface area contributed by atoms with Crippen LogP contribution < -0.4 is 10.6 Å². The van der Waals surface area contributed by atoms with Crippen LogP contribution in [-0.4, -0.2) is 54.3 Å². The van der Waals surface area contributed by atoms with Gasteiger partial charge >= 0.3 is 6.09 Å². The van der Waals surface area contributed by atoms with E-state index in [0.717, 1.165) is 0 Å². The Morgan fingerprint density at radius 3 is 2.46 bits per heavy atom. The Morgan fingerprint density at radius 1 is 1.14 bits per heavy atom. The standard InChI is InChI=1S/C28H35F2N3O4/c1-18(2)15-22(17-34)31-26(35)23(19-3-5-20(29)6-4-19)9-12-33-13-10-28(11-14-33)24-16-21(30)7-8-25(24)32-27(36)37-28/h3-8,16,18,22-23,34H,9-15,17H2,1-2H3,(H,31,35)(H,32,36)/t22-,23?/m1/s1. The highest BCUT2D eigenvalue weighted by Gasteiger charge is 2.44. The van der Waals surface area contributed by atoms with Gasteiger partial charge in [-0.25, -0.2) is 13.6 Å². The van der Waals surface area contributed by atoms with Gasteiger partial charge in [-0.1, -0.05) is 26.0 Å². The van der Waals surface area contributed by atoms with Crippen LogP contribution >= 0.6 is 0 Å². The average molecular weight is 516 g/mol. The van der Waals surface area contributed by atoms with Crippen LogP contribution in [0.25, 0.3) is 0 Å². The van der Waals surface area contributed by atoms with Crippen LogP contribution in [0.2, 0.25) is 0 Å². The Kier molecular flexibility index (Phi) is 8.44. The minimum Gasteiger partial charge on any atom is -0.438 e. The first-order chi connectivity index (χ1) is 17.7. The van der Waals surface area contributed by atoms with E-state index < -0.39 is 17.6 Å². The Morgan fingerprint density at radius 2 is 1.81 bits per heavy atom. The molecule has 37 heavy (non-hydrogen) atoms. The molecular formula is C28H35F2N3O4. The number of benzene rings is 2. The van der Waals surface area contributed by atoms with Gasteiger partial charge < -0.3 is 20.1 Å². The highest BCUT2D eigenvalue weighted by Crippen LogP contribution is 2.43. The summed E-state index contributed by atoms with van der Waals surface area (Å²) < 4.78 is 33.3. The first kappa shape index (κ1) is 27.0. The number of hydrogen-bond donors (Lipinski definition) is 3. The van der Waals surface area contributed by atoms with Crippen molar-refractivity contribution in [1.82, 2.24) is 10.2 Å². The van der Waals surface area contributed by atoms with Gasteiger partial charge in [0.25, 0.3) is 0 Å². The molecule has 2 aromatic carbocycles. The van der Waals surface area contributed by atoms with Crippen molar-refractivity contribution in [2.24, 2.45) is 5.92 Å². The number of ether oxygens (including phenoxy) is 1. The lowest BCUT2D eigenvalue weighted by Gasteiger charge is -2.44. The van der Waals surface area contributed by atoms with Crippen molar-refractivity contribution in [3.8, 4) is 0 Å². The van der Waals surface area contributed by atoms with Crippen molar-refractivity contribution in [2.45, 2.75) is 57.1 Å². The Labute approximate surface area is 216 Å². The van der Waals surface area contributed by atoms with E-state index in [4.69, 9.17) is 4.74 Å². The SMILES string of the molecule is CC(C)C[C@H](CO)NC(=O)C(CCN1CCC2(CC1)OC(=O)Nc1ccc(F)cc12)c1ccc(F)cc1. The molecule has 2 aliphatic heterocycles. The lowest BCUT2D eigenvalue weighted by atomic mass is 9.82. The maximum atomic E-state index is 14.0.